The highest BCUT2D eigenvalue weighted by Crippen LogP contribution is 2.41. The summed E-state index contributed by atoms with van der Waals surface area (Å²) < 4.78 is 1.76. The van der Waals surface area contributed by atoms with Crippen LogP contribution in [0.4, 0.5) is 5.69 Å². The lowest BCUT2D eigenvalue weighted by Crippen LogP contribution is -2.15. The summed E-state index contributed by atoms with van der Waals surface area (Å²) in [5, 5.41) is 28.0. The number of aliphatic hydroxyl groups is 1. The smallest absolute Gasteiger partial charge is 0.270 e. The topological polar surface area (TPSA) is 90.9 Å². The van der Waals surface area contributed by atoms with E-state index in [0.29, 0.717) is 12.1 Å². The molecule has 0 aliphatic heterocycles. The van der Waals surface area contributed by atoms with Gasteiger partial charge in [0.05, 0.1) is 11.4 Å². The summed E-state index contributed by atoms with van der Waals surface area (Å²) in [6.45, 7) is 0. The maximum atomic E-state index is 12.8. The van der Waals surface area contributed by atoms with E-state index in [4.69, 9.17) is 0 Å². The van der Waals surface area contributed by atoms with Crippen LogP contribution >= 0.6 is 0 Å². The van der Waals surface area contributed by atoms with Crippen LogP contribution in [0.2, 0.25) is 0 Å². The van der Waals surface area contributed by atoms with Gasteiger partial charge in [0.15, 0.2) is 11.3 Å². The zero-order valence-corrected chi connectivity index (χ0v) is 17.0. The van der Waals surface area contributed by atoms with Gasteiger partial charge >= 0.3 is 0 Å². The number of aliphatic hydroxyl groups excluding tert-OH is 1. The largest absolute Gasteiger partial charge is 0.504 e. The minimum absolute atomic E-state index is 0.236. The van der Waals surface area contributed by atoms with Gasteiger partial charge in [0.1, 0.15) is 11.8 Å². The summed E-state index contributed by atoms with van der Waals surface area (Å²) in [7, 11) is 0. The van der Waals surface area contributed by atoms with Crippen molar-refractivity contribution >= 4 is 17.4 Å². The summed E-state index contributed by atoms with van der Waals surface area (Å²) >= 11 is 0. The van der Waals surface area contributed by atoms with Crippen LogP contribution in [-0.4, -0.2) is 20.8 Å². The number of amides is 1. The molecule has 0 fully saturated rings. The maximum absolute atomic E-state index is 12.8. The van der Waals surface area contributed by atoms with Crippen LogP contribution < -0.4 is 5.32 Å². The Morgan fingerprint density at radius 3 is 2.34 bits per heavy atom. The predicted molar refractivity (Wildman–Crippen MR) is 122 cm³/mol. The first-order valence-electron chi connectivity index (χ1n) is 10.1. The zero-order chi connectivity index (χ0) is 22.1. The van der Waals surface area contributed by atoms with Crippen molar-refractivity contribution in [2.45, 2.75) is 6.42 Å². The van der Waals surface area contributed by atoms with Gasteiger partial charge in [0.25, 0.3) is 5.91 Å². The minimum atomic E-state index is -0.685. The lowest BCUT2D eigenvalue weighted by molar-refractivity contribution is -0.112. The minimum Gasteiger partial charge on any atom is -0.504 e. The standard InChI is InChI=1S/C26H18N4O2/c27-16-22(26(32)28-18-10-3-1-4-11-18)25(31)23-21-15-17-9-7-8-14-20(17)24(21)30(29-23)19-12-5-2-6-13-19/h1-14,31H,15H2,(H,28,32). The number of aromatic nitrogens is 2. The SMILES string of the molecule is N#CC(C(=O)Nc1ccccc1)=C(O)c1nn(-c2ccccc2)c2c1Cc1ccccc1-2. The van der Waals surface area contributed by atoms with Crippen LogP contribution in [0.1, 0.15) is 16.8 Å². The molecule has 1 aromatic heterocycles. The van der Waals surface area contributed by atoms with E-state index in [9.17, 15) is 15.2 Å². The van der Waals surface area contributed by atoms with Gasteiger partial charge in [-0.05, 0) is 29.8 Å². The van der Waals surface area contributed by atoms with Gasteiger partial charge in [-0.1, -0.05) is 60.7 Å². The fraction of sp³-hybridized carbons (Fsp3) is 0.0385. The highest BCUT2D eigenvalue weighted by Gasteiger charge is 2.31. The zero-order valence-electron chi connectivity index (χ0n) is 17.0. The average molecular weight is 418 g/mol. The number of nitriles is 1. The van der Waals surface area contributed by atoms with E-state index in [1.54, 1.807) is 28.9 Å². The molecular weight excluding hydrogens is 400 g/mol. The molecule has 154 valence electrons. The molecule has 0 radical (unpaired) electrons. The molecule has 1 amide bonds. The van der Waals surface area contributed by atoms with E-state index >= 15 is 0 Å². The summed E-state index contributed by atoms with van der Waals surface area (Å²) in [5.41, 5.74) is 4.97. The highest BCUT2D eigenvalue weighted by molar-refractivity contribution is 6.11. The molecule has 6 nitrogen and oxygen atoms in total. The van der Waals surface area contributed by atoms with Crippen molar-refractivity contribution in [2.24, 2.45) is 0 Å². The Morgan fingerprint density at radius 1 is 0.969 bits per heavy atom. The molecule has 0 saturated heterocycles. The molecule has 6 heteroatoms. The van der Waals surface area contributed by atoms with Crippen molar-refractivity contribution in [3.63, 3.8) is 0 Å². The molecule has 0 bridgehead atoms. The molecule has 0 atom stereocenters. The molecule has 5 rings (SSSR count). The first kappa shape index (κ1) is 19.3. The normalized spacial score (nSPS) is 12.3. The van der Waals surface area contributed by atoms with E-state index in [1.165, 1.54) is 0 Å². The van der Waals surface area contributed by atoms with E-state index in [-0.39, 0.29) is 11.3 Å². The lowest BCUT2D eigenvalue weighted by Gasteiger charge is -2.08. The molecule has 1 aliphatic rings. The monoisotopic (exact) mass is 418 g/mol. The molecule has 0 saturated carbocycles. The summed E-state index contributed by atoms with van der Waals surface area (Å²) in [4.78, 5) is 12.8. The number of anilines is 1. The molecule has 2 N–H and O–H groups in total. The highest BCUT2D eigenvalue weighted by atomic mass is 16.3. The van der Waals surface area contributed by atoms with E-state index in [1.807, 2.05) is 66.7 Å². The molecule has 1 aliphatic carbocycles. The fourth-order valence-electron chi connectivity index (χ4n) is 3.98. The Hall–Kier alpha value is -4.63. The Balaban J connectivity index is 1.65. The maximum Gasteiger partial charge on any atom is 0.270 e. The Kier molecular flexibility index (Phi) is 4.77. The van der Waals surface area contributed by atoms with E-state index in [2.05, 4.69) is 10.4 Å². The number of nitrogens with zero attached hydrogens (tertiary/aromatic N) is 3. The first-order valence-corrected chi connectivity index (χ1v) is 10.1. The van der Waals surface area contributed by atoms with Gasteiger partial charge in [-0.25, -0.2) is 4.68 Å². The van der Waals surface area contributed by atoms with Crippen molar-refractivity contribution in [3.05, 3.63) is 107 Å². The van der Waals surface area contributed by atoms with Crippen LogP contribution in [0, 0.1) is 11.3 Å². The number of nitrogens with one attached hydrogen (secondary N) is 1. The second-order valence-corrected chi connectivity index (χ2v) is 7.41. The van der Waals surface area contributed by atoms with Gasteiger partial charge < -0.3 is 10.4 Å². The lowest BCUT2D eigenvalue weighted by atomic mass is 10.1. The van der Waals surface area contributed by atoms with Crippen LogP contribution in [0.15, 0.2) is 90.5 Å². The van der Waals surface area contributed by atoms with Gasteiger partial charge in [-0.3, -0.25) is 4.79 Å². The van der Waals surface area contributed by atoms with Crippen LogP contribution in [0.3, 0.4) is 0 Å². The second-order valence-electron chi connectivity index (χ2n) is 7.41. The number of hydrogen-bond acceptors (Lipinski definition) is 4. The van der Waals surface area contributed by atoms with Crippen molar-refractivity contribution in [1.29, 1.82) is 5.26 Å². The van der Waals surface area contributed by atoms with Crippen molar-refractivity contribution < 1.29 is 9.90 Å². The summed E-state index contributed by atoms with van der Waals surface area (Å²) in [5.74, 6) is -1.12. The first-order chi connectivity index (χ1) is 15.7. The quantitative estimate of drug-likeness (QED) is 0.247. The van der Waals surface area contributed by atoms with Crippen molar-refractivity contribution in [3.8, 4) is 23.0 Å². The van der Waals surface area contributed by atoms with Gasteiger partial charge in [0.2, 0.25) is 0 Å². The van der Waals surface area contributed by atoms with E-state index < -0.39 is 11.7 Å². The predicted octanol–water partition coefficient (Wildman–Crippen LogP) is 4.87. The molecule has 0 unspecified atom stereocenters. The van der Waals surface area contributed by atoms with Crippen molar-refractivity contribution in [2.75, 3.05) is 5.32 Å². The van der Waals surface area contributed by atoms with Gasteiger partial charge in [-0.15, -0.1) is 0 Å². The summed E-state index contributed by atoms with van der Waals surface area (Å²) in [6.07, 6.45) is 0.552. The third kappa shape index (κ3) is 3.22. The second kappa shape index (κ2) is 7.89. The molecule has 4 aromatic rings. The molecule has 1 heterocycles. The molecular formula is C26H18N4O2. The third-order valence-corrected chi connectivity index (χ3v) is 5.46. The van der Waals surface area contributed by atoms with Crippen molar-refractivity contribution in [1.82, 2.24) is 9.78 Å². The number of hydrogen-bond donors (Lipinski definition) is 2. The van der Waals surface area contributed by atoms with Crippen LogP contribution in [0.25, 0.3) is 22.7 Å². The number of fused-ring (bicyclic) bond motifs is 3. The summed E-state index contributed by atoms with van der Waals surface area (Å²) in [6, 6.07) is 28.2. The molecule has 0 spiro atoms. The number of para-hydroxylation sites is 2. The Morgan fingerprint density at radius 2 is 1.62 bits per heavy atom. The number of carbonyl (C=O) groups excluding carboxylic acids is 1. The Labute approximate surface area is 184 Å². The Bertz CT molecular complexity index is 1400. The number of carbonyl (C=O) groups is 1. The number of rotatable bonds is 4. The van der Waals surface area contributed by atoms with E-state index in [0.717, 1.165) is 28.1 Å². The fourth-order valence-corrected chi connectivity index (χ4v) is 3.98. The molecule has 3 aromatic carbocycles. The third-order valence-electron chi connectivity index (χ3n) is 5.46. The average Bonchev–Trinajstić information content (AvgIpc) is 3.38. The van der Waals surface area contributed by atoms with Gasteiger partial charge in [0, 0.05) is 23.2 Å². The molecule has 32 heavy (non-hydrogen) atoms. The van der Waals surface area contributed by atoms with Crippen LogP contribution in [0.5, 0.6) is 0 Å². The van der Waals surface area contributed by atoms with Crippen LogP contribution in [-0.2, 0) is 11.2 Å². The van der Waals surface area contributed by atoms with Gasteiger partial charge in [-0.2, -0.15) is 10.4 Å². The number of benzene rings is 3.